The molecule has 0 saturated heterocycles. The maximum atomic E-state index is 15.0. The Morgan fingerprint density at radius 3 is 2.29 bits per heavy atom. The monoisotopic (exact) mass is 559 g/mol. The molecule has 38 heavy (non-hydrogen) atoms. The van der Waals surface area contributed by atoms with Crippen LogP contribution in [-0.2, 0) is 10.0 Å². The molecule has 0 radical (unpaired) electrons. The van der Waals surface area contributed by atoms with Crippen molar-refractivity contribution in [1.82, 2.24) is 19.9 Å². The lowest BCUT2D eigenvalue weighted by atomic mass is 10.0. The van der Waals surface area contributed by atoms with Crippen LogP contribution in [-0.4, -0.2) is 28.4 Å². The lowest BCUT2D eigenvalue weighted by Gasteiger charge is -2.14. The van der Waals surface area contributed by atoms with E-state index in [-0.39, 0.29) is 28.4 Å². The Balaban J connectivity index is 1.53. The number of rotatable bonds is 7. The van der Waals surface area contributed by atoms with Crippen LogP contribution in [0.15, 0.2) is 77.1 Å². The lowest BCUT2D eigenvalue weighted by Crippen LogP contribution is -2.15. The molecule has 0 aliphatic heterocycles. The summed E-state index contributed by atoms with van der Waals surface area (Å²) in [5.41, 5.74) is 2.49. The van der Waals surface area contributed by atoms with Gasteiger partial charge in [-0.2, -0.15) is 0 Å². The zero-order valence-corrected chi connectivity index (χ0v) is 20.4. The van der Waals surface area contributed by atoms with Gasteiger partial charge in [0.15, 0.2) is 34.8 Å². The standard InChI is InChI=1S/C24H13F4N5O3S2/c25-16-2-1-13(3-17(16)26)20-4-15(14-7-29-11-30-8-14)22(9-31-20)36-21-5-19(28)23(6-18(21)27)38(34,35)33-24-10-37-12-32-24/h1-12,33H. The van der Waals surface area contributed by atoms with Gasteiger partial charge >= 0.3 is 0 Å². The van der Waals surface area contributed by atoms with Crippen LogP contribution < -0.4 is 9.46 Å². The van der Waals surface area contributed by atoms with Gasteiger partial charge in [-0.1, -0.05) is 0 Å². The second kappa shape index (κ2) is 10.1. The topological polar surface area (TPSA) is 107 Å². The zero-order valence-electron chi connectivity index (χ0n) is 18.8. The third-order valence-corrected chi connectivity index (χ3v) is 7.08. The SMILES string of the molecule is O=S(=O)(Nc1cscn1)c1cc(F)c(Oc2cnc(-c3ccc(F)c(F)c3)cc2-c2cncnc2)cc1F. The number of halogens is 4. The largest absolute Gasteiger partial charge is 0.452 e. The molecule has 5 aromatic rings. The highest BCUT2D eigenvalue weighted by atomic mass is 32.2. The minimum Gasteiger partial charge on any atom is -0.452 e. The minimum absolute atomic E-state index is 0.0444. The normalized spacial score (nSPS) is 11.4. The molecule has 0 spiro atoms. The summed E-state index contributed by atoms with van der Waals surface area (Å²) in [4.78, 5) is 14.8. The highest BCUT2D eigenvalue weighted by Gasteiger charge is 2.24. The van der Waals surface area contributed by atoms with E-state index in [1.807, 2.05) is 0 Å². The van der Waals surface area contributed by atoms with Crippen LogP contribution in [0.4, 0.5) is 23.4 Å². The maximum absolute atomic E-state index is 15.0. The van der Waals surface area contributed by atoms with Crippen LogP contribution in [0.1, 0.15) is 0 Å². The van der Waals surface area contributed by atoms with Gasteiger partial charge in [0, 0.05) is 46.6 Å². The number of benzene rings is 2. The molecule has 0 saturated carbocycles. The number of nitrogens with one attached hydrogen (secondary N) is 1. The predicted octanol–water partition coefficient (Wildman–Crippen LogP) is 5.81. The Morgan fingerprint density at radius 1 is 0.789 bits per heavy atom. The average Bonchev–Trinajstić information content (AvgIpc) is 3.40. The molecule has 2 aromatic carbocycles. The number of anilines is 1. The number of pyridine rings is 1. The summed E-state index contributed by atoms with van der Waals surface area (Å²) in [6.07, 6.45) is 5.28. The zero-order chi connectivity index (χ0) is 26.9. The van der Waals surface area contributed by atoms with Gasteiger partial charge in [0.1, 0.15) is 17.0 Å². The number of hydrogen-bond donors (Lipinski definition) is 1. The fourth-order valence-corrected chi connectivity index (χ4v) is 5.00. The summed E-state index contributed by atoms with van der Waals surface area (Å²) in [5.74, 6) is -5.31. The number of thiazole rings is 1. The number of aromatic nitrogens is 4. The van der Waals surface area contributed by atoms with Crippen molar-refractivity contribution in [3.8, 4) is 33.9 Å². The Bertz CT molecular complexity index is 1740. The molecular weight excluding hydrogens is 546 g/mol. The highest BCUT2D eigenvalue weighted by Crippen LogP contribution is 2.37. The molecule has 14 heteroatoms. The Kier molecular flexibility index (Phi) is 6.73. The molecule has 0 atom stereocenters. The fraction of sp³-hybridized carbons (Fsp3) is 0. The van der Waals surface area contributed by atoms with Crippen LogP contribution in [0.25, 0.3) is 22.4 Å². The van der Waals surface area contributed by atoms with Crippen molar-refractivity contribution >= 4 is 27.2 Å². The first-order valence-electron chi connectivity index (χ1n) is 10.5. The summed E-state index contributed by atoms with van der Waals surface area (Å²) in [6, 6.07) is 5.73. The van der Waals surface area contributed by atoms with Gasteiger partial charge < -0.3 is 4.74 Å². The van der Waals surface area contributed by atoms with E-state index in [1.165, 1.54) is 47.9 Å². The second-order valence-corrected chi connectivity index (χ2v) is 9.99. The fourth-order valence-electron chi connectivity index (χ4n) is 3.37. The van der Waals surface area contributed by atoms with Gasteiger partial charge in [0.25, 0.3) is 10.0 Å². The summed E-state index contributed by atoms with van der Waals surface area (Å²) in [7, 11) is -4.48. The van der Waals surface area contributed by atoms with Gasteiger partial charge in [-0.25, -0.2) is 40.9 Å². The number of nitrogens with zero attached hydrogens (tertiary/aromatic N) is 4. The van der Waals surface area contributed by atoms with E-state index in [1.54, 1.807) is 0 Å². The van der Waals surface area contributed by atoms with Gasteiger partial charge in [0.2, 0.25) is 0 Å². The Hall–Kier alpha value is -4.43. The van der Waals surface area contributed by atoms with E-state index >= 15 is 0 Å². The quantitative estimate of drug-likeness (QED) is 0.251. The van der Waals surface area contributed by atoms with Crippen LogP contribution in [0.2, 0.25) is 0 Å². The van der Waals surface area contributed by atoms with E-state index < -0.39 is 43.9 Å². The maximum Gasteiger partial charge on any atom is 0.266 e. The van der Waals surface area contributed by atoms with Crippen molar-refractivity contribution in [3.63, 3.8) is 0 Å². The third-order valence-electron chi connectivity index (χ3n) is 5.12. The van der Waals surface area contributed by atoms with E-state index in [0.717, 1.165) is 23.5 Å². The van der Waals surface area contributed by atoms with Gasteiger partial charge in [-0.3, -0.25) is 9.71 Å². The predicted molar refractivity (Wildman–Crippen MR) is 130 cm³/mol. The molecule has 0 amide bonds. The highest BCUT2D eigenvalue weighted by molar-refractivity contribution is 7.92. The van der Waals surface area contributed by atoms with Crippen LogP contribution >= 0.6 is 11.3 Å². The molecule has 0 bridgehead atoms. The third kappa shape index (κ3) is 5.17. The molecule has 0 aliphatic rings. The molecule has 1 N–H and O–H groups in total. The molecule has 5 rings (SSSR count). The average molecular weight is 560 g/mol. The number of sulfonamides is 1. The molecule has 192 valence electrons. The van der Waals surface area contributed by atoms with Crippen molar-refractivity contribution < 1.29 is 30.7 Å². The molecule has 8 nitrogen and oxygen atoms in total. The van der Waals surface area contributed by atoms with Crippen molar-refractivity contribution in [2.45, 2.75) is 4.90 Å². The number of ether oxygens (including phenoxy) is 1. The van der Waals surface area contributed by atoms with E-state index in [9.17, 15) is 26.0 Å². The van der Waals surface area contributed by atoms with Gasteiger partial charge in [-0.15, -0.1) is 11.3 Å². The smallest absolute Gasteiger partial charge is 0.266 e. The molecule has 0 aliphatic carbocycles. The van der Waals surface area contributed by atoms with Crippen LogP contribution in [0.5, 0.6) is 11.5 Å². The first kappa shape index (κ1) is 25.2. The first-order chi connectivity index (χ1) is 18.2. The summed E-state index contributed by atoms with van der Waals surface area (Å²) in [6.45, 7) is 0. The van der Waals surface area contributed by atoms with Gasteiger partial charge in [-0.05, 0) is 24.3 Å². The van der Waals surface area contributed by atoms with Crippen LogP contribution in [0.3, 0.4) is 0 Å². The van der Waals surface area contributed by atoms with Crippen LogP contribution in [0, 0.1) is 23.3 Å². The number of hydrogen-bond acceptors (Lipinski definition) is 8. The molecule has 3 heterocycles. The first-order valence-corrected chi connectivity index (χ1v) is 12.9. The minimum atomic E-state index is -4.48. The van der Waals surface area contributed by atoms with E-state index in [0.29, 0.717) is 17.7 Å². The molecule has 0 unspecified atom stereocenters. The molecule has 3 aromatic heterocycles. The Morgan fingerprint density at radius 2 is 1.58 bits per heavy atom. The Labute approximate surface area is 216 Å². The summed E-state index contributed by atoms with van der Waals surface area (Å²) < 4.78 is 89.7. The van der Waals surface area contributed by atoms with Crippen molar-refractivity contribution in [1.29, 1.82) is 0 Å². The van der Waals surface area contributed by atoms with Crippen molar-refractivity contribution in [2.24, 2.45) is 0 Å². The molecular formula is C24H13F4N5O3S2. The summed E-state index contributed by atoms with van der Waals surface area (Å²) >= 11 is 1.11. The van der Waals surface area contributed by atoms with E-state index in [2.05, 4.69) is 24.7 Å². The second-order valence-electron chi connectivity index (χ2n) is 7.62. The lowest BCUT2D eigenvalue weighted by molar-refractivity contribution is 0.432. The summed E-state index contributed by atoms with van der Waals surface area (Å²) in [5, 5.41) is 1.38. The van der Waals surface area contributed by atoms with Crippen molar-refractivity contribution in [3.05, 3.63) is 95.5 Å². The molecule has 0 fully saturated rings. The van der Waals surface area contributed by atoms with E-state index in [4.69, 9.17) is 4.74 Å². The van der Waals surface area contributed by atoms with Crippen molar-refractivity contribution in [2.75, 3.05) is 4.72 Å². The van der Waals surface area contributed by atoms with Gasteiger partial charge in [0.05, 0.1) is 17.4 Å².